The lowest BCUT2D eigenvalue weighted by atomic mass is 10.1. The Morgan fingerprint density at radius 1 is 1.09 bits per heavy atom. The lowest BCUT2D eigenvalue weighted by Gasteiger charge is -2.12. The number of halogens is 1. The molecule has 0 spiro atoms. The number of pyridine rings is 1. The Labute approximate surface area is 189 Å². The largest absolute Gasteiger partial charge is 0.497 e. The molecule has 0 aliphatic rings. The van der Waals surface area contributed by atoms with Gasteiger partial charge in [0, 0.05) is 35.1 Å². The van der Waals surface area contributed by atoms with E-state index in [-0.39, 0.29) is 18.1 Å². The molecule has 32 heavy (non-hydrogen) atoms. The fourth-order valence-corrected chi connectivity index (χ4v) is 3.36. The van der Waals surface area contributed by atoms with Crippen molar-refractivity contribution >= 4 is 17.5 Å². The first-order valence-corrected chi connectivity index (χ1v) is 10.1. The molecular weight excluding hydrogens is 430 g/mol. The van der Waals surface area contributed by atoms with Crippen LogP contribution < -0.4 is 14.8 Å². The van der Waals surface area contributed by atoms with E-state index in [1.807, 2.05) is 12.1 Å². The molecule has 9 heteroatoms. The molecule has 4 aromatic rings. The first-order chi connectivity index (χ1) is 15.6. The average molecular weight is 450 g/mol. The van der Waals surface area contributed by atoms with Gasteiger partial charge < -0.3 is 14.8 Å². The van der Waals surface area contributed by atoms with E-state index in [9.17, 15) is 4.79 Å². The molecule has 2 aromatic heterocycles. The minimum absolute atomic E-state index is 0.176. The van der Waals surface area contributed by atoms with Gasteiger partial charge in [-0.05, 0) is 54.6 Å². The summed E-state index contributed by atoms with van der Waals surface area (Å²) < 4.78 is 12.3. The summed E-state index contributed by atoms with van der Waals surface area (Å²) in [6.07, 6.45) is 3.32. The molecular formula is C23H20ClN5O3. The SMILES string of the molecule is COc1ccc(OC)c(CNC(=O)c2nnn(-c3ccc(Cl)cc3)c2-c2cccnc2)c1. The zero-order valence-electron chi connectivity index (χ0n) is 17.4. The number of benzene rings is 2. The van der Waals surface area contributed by atoms with Crippen molar-refractivity contribution < 1.29 is 14.3 Å². The second kappa shape index (κ2) is 9.49. The topological polar surface area (TPSA) is 91.2 Å². The molecule has 0 unspecified atom stereocenters. The van der Waals surface area contributed by atoms with Crippen molar-refractivity contribution in [2.75, 3.05) is 14.2 Å². The predicted octanol–water partition coefficient (Wildman–Crippen LogP) is 3.93. The minimum Gasteiger partial charge on any atom is -0.497 e. The normalized spacial score (nSPS) is 10.6. The van der Waals surface area contributed by atoms with Crippen LogP contribution in [-0.4, -0.2) is 40.1 Å². The van der Waals surface area contributed by atoms with Gasteiger partial charge in [-0.15, -0.1) is 5.10 Å². The molecule has 4 rings (SSSR count). The minimum atomic E-state index is -0.381. The molecule has 2 heterocycles. The molecule has 0 fully saturated rings. The Bertz CT molecular complexity index is 1230. The Balaban J connectivity index is 1.68. The molecule has 0 atom stereocenters. The van der Waals surface area contributed by atoms with Gasteiger partial charge >= 0.3 is 0 Å². The quantitative estimate of drug-likeness (QED) is 0.459. The van der Waals surface area contributed by atoms with Gasteiger partial charge in [0.2, 0.25) is 0 Å². The van der Waals surface area contributed by atoms with Gasteiger partial charge in [0.05, 0.1) is 19.9 Å². The highest BCUT2D eigenvalue weighted by atomic mass is 35.5. The van der Waals surface area contributed by atoms with E-state index in [0.29, 0.717) is 33.5 Å². The Morgan fingerprint density at radius 2 is 1.91 bits per heavy atom. The number of rotatable bonds is 7. The van der Waals surface area contributed by atoms with E-state index in [0.717, 1.165) is 5.56 Å². The number of hydrogen-bond donors (Lipinski definition) is 1. The summed E-state index contributed by atoms with van der Waals surface area (Å²) in [4.78, 5) is 17.3. The van der Waals surface area contributed by atoms with Crippen LogP contribution in [0.15, 0.2) is 67.0 Å². The molecule has 0 bridgehead atoms. The molecule has 8 nitrogen and oxygen atoms in total. The van der Waals surface area contributed by atoms with Crippen molar-refractivity contribution in [1.82, 2.24) is 25.3 Å². The third-order valence-corrected chi connectivity index (χ3v) is 5.07. The van der Waals surface area contributed by atoms with E-state index in [2.05, 4.69) is 20.6 Å². The smallest absolute Gasteiger partial charge is 0.274 e. The van der Waals surface area contributed by atoms with Crippen molar-refractivity contribution in [3.63, 3.8) is 0 Å². The van der Waals surface area contributed by atoms with Crippen LogP contribution in [-0.2, 0) is 6.54 Å². The van der Waals surface area contributed by atoms with Crippen LogP contribution in [0.4, 0.5) is 0 Å². The maximum Gasteiger partial charge on any atom is 0.274 e. The number of hydrogen-bond acceptors (Lipinski definition) is 6. The second-order valence-electron chi connectivity index (χ2n) is 6.78. The molecule has 0 aliphatic heterocycles. The monoisotopic (exact) mass is 449 g/mol. The number of carbonyl (C=O) groups excluding carboxylic acids is 1. The Morgan fingerprint density at radius 3 is 2.59 bits per heavy atom. The molecule has 1 amide bonds. The first kappa shape index (κ1) is 21.3. The summed E-state index contributed by atoms with van der Waals surface area (Å²) in [6, 6.07) is 16.1. The number of nitrogens with zero attached hydrogens (tertiary/aromatic N) is 4. The molecule has 0 aliphatic carbocycles. The lowest BCUT2D eigenvalue weighted by molar-refractivity contribution is 0.0946. The number of amides is 1. The summed E-state index contributed by atoms with van der Waals surface area (Å²) in [5, 5.41) is 11.9. The van der Waals surface area contributed by atoms with Crippen LogP contribution in [0.25, 0.3) is 16.9 Å². The van der Waals surface area contributed by atoms with E-state index < -0.39 is 0 Å². The van der Waals surface area contributed by atoms with E-state index in [1.165, 1.54) is 0 Å². The predicted molar refractivity (Wildman–Crippen MR) is 120 cm³/mol. The second-order valence-corrected chi connectivity index (χ2v) is 7.21. The zero-order chi connectivity index (χ0) is 22.5. The number of ether oxygens (including phenoxy) is 2. The van der Waals surface area contributed by atoms with Crippen molar-refractivity contribution in [3.8, 4) is 28.4 Å². The van der Waals surface area contributed by atoms with E-state index in [4.69, 9.17) is 21.1 Å². The van der Waals surface area contributed by atoms with Crippen molar-refractivity contribution in [2.24, 2.45) is 0 Å². The lowest BCUT2D eigenvalue weighted by Crippen LogP contribution is -2.24. The fraction of sp³-hybridized carbons (Fsp3) is 0.130. The molecule has 0 saturated heterocycles. The van der Waals surface area contributed by atoms with Crippen LogP contribution in [0, 0.1) is 0 Å². The third-order valence-electron chi connectivity index (χ3n) is 4.82. The summed E-state index contributed by atoms with van der Waals surface area (Å²) in [6.45, 7) is 0.222. The van der Waals surface area contributed by atoms with Gasteiger partial charge in [-0.25, -0.2) is 4.68 Å². The summed E-state index contributed by atoms with van der Waals surface area (Å²) in [7, 11) is 3.16. The van der Waals surface area contributed by atoms with Crippen LogP contribution in [0.2, 0.25) is 5.02 Å². The average Bonchev–Trinajstić information content (AvgIpc) is 3.28. The van der Waals surface area contributed by atoms with Crippen LogP contribution in [0.1, 0.15) is 16.1 Å². The van der Waals surface area contributed by atoms with Gasteiger partial charge in [-0.3, -0.25) is 9.78 Å². The number of carbonyl (C=O) groups is 1. The van der Waals surface area contributed by atoms with Crippen LogP contribution >= 0.6 is 11.6 Å². The van der Waals surface area contributed by atoms with Gasteiger partial charge in [-0.2, -0.15) is 0 Å². The fourth-order valence-electron chi connectivity index (χ4n) is 3.24. The van der Waals surface area contributed by atoms with Crippen molar-refractivity contribution in [1.29, 1.82) is 0 Å². The standard InChI is InChI=1S/C23H20ClN5O3/c1-31-19-9-10-20(32-2)16(12-19)14-26-23(30)21-22(15-4-3-11-25-13-15)29(28-27-21)18-7-5-17(24)6-8-18/h3-13H,14H2,1-2H3,(H,26,30). The van der Waals surface area contributed by atoms with Gasteiger partial charge in [0.25, 0.3) is 5.91 Å². The van der Waals surface area contributed by atoms with Crippen molar-refractivity contribution in [2.45, 2.75) is 6.54 Å². The Kier molecular flexibility index (Phi) is 6.32. The molecule has 0 radical (unpaired) electrons. The van der Waals surface area contributed by atoms with Crippen molar-refractivity contribution in [3.05, 3.63) is 83.3 Å². The third kappa shape index (κ3) is 4.40. The summed E-state index contributed by atoms with van der Waals surface area (Å²) >= 11 is 6.02. The number of methoxy groups -OCH3 is 2. The highest BCUT2D eigenvalue weighted by Crippen LogP contribution is 2.27. The highest BCUT2D eigenvalue weighted by molar-refractivity contribution is 6.30. The molecule has 1 N–H and O–H groups in total. The zero-order valence-corrected chi connectivity index (χ0v) is 18.2. The first-order valence-electron chi connectivity index (χ1n) is 9.72. The molecule has 162 valence electrons. The van der Waals surface area contributed by atoms with E-state index in [1.54, 1.807) is 73.8 Å². The van der Waals surface area contributed by atoms with Crippen LogP contribution in [0.3, 0.4) is 0 Å². The van der Waals surface area contributed by atoms with Gasteiger partial charge in [-0.1, -0.05) is 16.8 Å². The summed E-state index contributed by atoms with van der Waals surface area (Å²) in [5.74, 6) is 0.928. The maximum absolute atomic E-state index is 13.1. The Hall–Kier alpha value is -3.91. The van der Waals surface area contributed by atoms with Gasteiger partial charge in [0.15, 0.2) is 5.69 Å². The van der Waals surface area contributed by atoms with Crippen LogP contribution in [0.5, 0.6) is 11.5 Å². The molecule has 0 saturated carbocycles. The van der Waals surface area contributed by atoms with Gasteiger partial charge in [0.1, 0.15) is 17.2 Å². The molecule has 2 aromatic carbocycles. The highest BCUT2D eigenvalue weighted by Gasteiger charge is 2.22. The maximum atomic E-state index is 13.1. The summed E-state index contributed by atoms with van der Waals surface area (Å²) in [5.41, 5.74) is 2.89. The number of aromatic nitrogens is 4. The number of nitrogens with one attached hydrogen (secondary N) is 1. The van der Waals surface area contributed by atoms with E-state index >= 15 is 0 Å².